The lowest BCUT2D eigenvalue weighted by Crippen LogP contribution is -2.40. The van der Waals surface area contributed by atoms with Crippen molar-refractivity contribution in [1.82, 2.24) is 9.55 Å². The minimum atomic E-state index is -0.166. The van der Waals surface area contributed by atoms with E-state index in [1.54, 1.807) is 9.47 Å². The van der Waals surface area contributed by atoms with Gasteiger partial charge in [0.2, 0.25) is 5.91 Å². The molecule has 5 nitrogen and oxygen atoms in total. The second-order valence-electron chi connectivity index (χ2n) is 11.0. The first-order valence-electron chi connectivity index (χ1n) is 13.9. The number of allylic oxidation sites excluding steroid dienone is 1. The molecule has 0 aliphatic heterocycles. The van der Waals surface area contributed by atoms with Gasteiger partial charge in [0, 0.05) is 28.9 Å². The number of amides is 1. The van der Waals surface area contributed by atoms with Crippen molar-refractivity contribution in [3.8, 4) is 11.3 Å². The van der Waals surface area contributed by atoms with Crippen molar-refractivity contribution in [2.24, 2.45) is 0 Å². The van der Waals surface area contributed by atoms with Crippen LogP contribution in [0.1, 0.15) is 43.7 Å². The summed E-state index contributed by atoms with van der Waals surface area (Å²) in [5.74, 6) is 0.0572. The lowest BCUT2D eigenvalue weighted by molar-refractivity contribution is -0.115. The molecule has 2 aliphatic carbocycles. The first-order chi connectivity index (χ1) is 19.5. The number of benzene rings is 3. The summed E-state index contributed by atoms with van der Waals surface area (Å²) < 4.78 is 1.75. The summed E-state index contributed by atoms with van der Waals surface area (Å²) in [5.41, 5.74) is 6.28. The van der Waals surface area contributed by atoms with Crippen molar-refractivity contribution >= 4 is 29.0 Å². The van der Waals surface area contributed by atoms with Crippen molar-refractivity contribution in [3.05, 3.63) is 119 Å². The highest BCUT2D eigenvalue weighted by Gasteiger charge is 2.44. The van der Waals surface area contributed by atoms with Crippen LogP contribution in [-0.2, 0) is 23.2 Å². The van der Waals surface area contributed by atoms with Gasteiger partial charge in [-0.05, 0) is 56.0 Å². The molecule has 0 bridgehead atoms. The zero-order valence-electron chi connectivity index (χ0n) is 22.8. The molecule has 6 heteroatoms. The van der Waals surface area contributed by atoms with Crippen LogP contribution in [0.2, 0.25) is 0 Å². The fraction of sp³-hybridized carbons (Fsp3) is 0.265. The zero-order valence-corrected chi connectivity index (χ0v) is 23.6. The average Bonchev–Trinajstić information content (AvgIpc) is 3.43. The standard InChI is InChI=1S/C34H33N3O2S/c1-24(2)22-36-32(39)30-31(28-18-10-9-13-25(28)21-34(30)19-11-12-20-34)35-33(36)40-23-29(38)37(26-14-5-3-6-15-26)27-16-7-4-8-17-27/h3-10,13-18H,1,11-12,19-23H2,2H3. The predicted molar refractivity (Wildman–Crippen MR) is 163 cm³/mol. The molecule has 0 saturated heterocycles. The van der Waals surface area contributed by atoms with Gasteiger partial charge in [-0.1, -0.05) is 97.4 Å². The number of carbonyl (C=O) groups is 1. The zero-order chi connectivity index (χ0) is 27.7. The van der Waals surface area contributed by atoms with E-state index in [-0.39, 0.29) is 22.6 Å². The van der Waals surface area contributed by atoms with Gasteiger partial charge in [0.1, 0.15) is 0 Å². The van der Waals surface area contributed by atoms with Crippen molar-refractivity contribution < 1.29 is 4.79 Å². The third-order valence-electron chi connectivity index (χ3n) is 8.06. The van der Waals surface area contributed by atoms with E-state index in [0.29, 0.717) is 11.7 Å². The molecule has 40 heavy (non-hydrogen) atoms. The van der Waals surface area contributed by atoms with E-state index in [2.05, 4.69) is 24.8 Å². The summed E-state index contributed by atoms with van der Waals surface area (Å²) >= 11 is 1.33. The van der Waals surface area contributed by atoms with E-state index < -0.39 is 0 Å². The normalized spacial score (nSPS) is 14.9. The number of para-hydroxylation sites is 2. The third kappa shape index (κ3) is 4.81. The highest BCUT2D eigenvalue weighted by Crippen LogP contribution is 2.50. The molecule has 2 aliphatic rings. The molecule has 1 saturated carbocycles. The van der Waals surface area contributed by atoms with Gasteiger partial charge in [-0.15, -0.1) is 0 Å². The summed E-state index contributed by atoms with van der Waals surface area (Å²) in [7, 11) is 0. The summed E-state index contributed by atoms with van der Waals surface area (Å²) in [4.78, 5) is 35.0. The number of aromatic nitrogens is 2. The molecule has 1 heterocycles. The highest BCUT2D eigenvalue weighted by atomic mass is 32.2. The Kier molecular flexibility index (Phi) is 7.20. The van der Waals surface area contributed by atoms with Gasteiger partial charge < -0.3 is 0 Å². The summed E-state index contributed by atoms with van der Waals surface area (Å²) in [6.45, 7) is 6.41. The van der Waals surface area contributed by atoms with Crippen LogP contribution in [-0.4, -0.2) is 21.2 Å². The van der Waals surface area contributed by atoms with Crippen LogP contribution in [0.25, 0.3) is 11.3 Å². The Morgan fingerprint density at radius 2 is 1.55 bits per heavy atom. The van der Waals surface area contributed by atoms with Gasteiger partial charge >= 0.3 is 0 Å². The molecule has 0 atom stereocenters. The molecular formula is C34H33N3O2S. The van der Waals surface area contributed by atoms with Crippen LogP contribution in [0.5, 0.6) is 0 Å². The number of nitrogens with zero attached hydrogens (tertiary/aromatic N) is 3. The molecule has 1 aromatic heterocycles. The van der Waals surface area contributed by atoms with Crippen molar-refractivity contribution in [1.29, 1.82) is 0 Å². The van der Waals surface area contributed by atoms with Gasteiger partial charge in [-0.25, -0.2) is 4.98 Å². The average molecular weight is 548 g/mol. The third-order valence-corrected chi connectivity index (χ3v) is 9.02. The Hall–Kier alpha value is -3.90. The second kappa shape index (κ2) is 10.9. The number of hydrogen-bond donors (Lipinski definition) is 0. The number of hydrogen-bond acceptors (Lipinski definition) is 4. The van der Waals surface area contributed by atoms with Gasteiger partial charge in [0.15, 0.2) is 5.16 Å². The fourth-order valence-electron chi connectivity index (χ4n) is 6.35. The quantitative estimate of drug-likeness (QED) is 0.138. The largest absolute Gasteiger partial charge is 0.283 e. The van der Waals surface area contributed by atoms with E-state index >= 15 is 0 Å². The number of anilines is 2. The monoisotopic (exact) mass is 547 g/mol. The number of rotatable bonds is 7. The Morgan fingerprint density at radius 3 is 2.17 bits per heavy atom. The Bertz CT molecular complexity index is 1580. The Labute approximate surface area is 239 Å². The van der Waals surface area contributed by atoms with Crippen molar-refractivity contribution in [3.63, 3.8) is 0 Å². The molecule has 202 valence electrons. The molecular weight excluding hydrogens is 514 g/mol. The van der Waals surface area contributed by atoms with E-state index in [1.165, 1.54) is 17.3 Å². The maximum absolute atomic E-state index is 14.3. The summed E-state index contributed by atoms with van der Waals surface area (Å²) in [5, 5.41) is 0.561. The lowest BCUT2D eigenvalue weighted by atomic mass is 9.68. The molecule has 1 amide bonds. The minimum Gasteiger partial charge on any atom is -0.283 e. The maximum atomic E-state index is 14.3. The Balaban J connectivity index is 1.42. The fourth-order valence-corrected chi connectivity index (χ4v) is 7.19. The van der Waals surface area contributed by atoms with E-state index in [0.717, 1.165) is 65.9 Å². The second-order valence-corrected chi connectivity index (χ2v) is 11.9. The van der Waals surface area contributed by atoms with E-state index in [4.69, 9.17) is 4.98 Å². The van der Waals surface area contributed by atoms with Gasteiger partial charge in [0.25, 0.3) is 5.56 Å². The summed E-state index contributed by atoms with van der Waals surface area (Å²) in [6, 6.07) is 27.7. The van der Waals surface area contributed by atoms with E-state index in [1.807, 2.05) is 73.7 Å². The summed E-state index contributed by atoms with van der Waals surface area (Å²) in [6.07, 6.45) is 5.15. The molecule has 0 radical (unpaired) electrons. The molecule has 6 rings (SSSR count). The number of carbonyl (C=O) groups excluding carboxylic acids is 1. The van der Waals surface area contributed by atoms with Crippen LogP contribution in [0.3, 0.4) is 0 Å². The van der Waals surface area contributed by atoms with Crippen molar-refractivity contribution in [2.75, 3.05) is 10.7 Å². The number of fused-ring (bicyclic) bond motifs is 4. The van der Waals surface area contributed by atoms with Gasteiger partial charge in [-0.3, -0.25) is 19.1 Å². The molecule has 4 aromatic rings. The maximum Gasteiger partial charge on any atom is 0.258 e. The smallest absolute Gasteiger partial charge is 0.258 e. The van der Waals surface area contributed by atoms with Gasteiger partial charge in [-0.2, -0.15) is 0 Å². The van der Waals surface area contributed by atoms with Gasteiger partial charge in [0.05, 0.1) is 17.0 Å². The van der Waals surface area contributed by atoms with Crippen molar-refractivity contribution in [2.45, 2.75) is 56.1 Å². The SMILES string of the molecule is C=C(C)Cn1c(SCC(=O)N(c2ccccc2)c2ccccc2)nc2c(c1=O)C1(CCCC1)Cc1ccccc1-2. The molecule has 0 N–H and O–H groups in total. The van der Waals surface area contributed by atoms with E-state index in [9.17, 15) is 9.59 Å². The lowest BCUT2D eigenvalue weighted by Gasteiger charge is -2.36. The number of thioether (sulfide) groups is 1. The highest BCUT2D eigenvalue weighted by molar-refractivity contribution is 7.99. The van der Waals surface area contributed by atoms with Crippen LogP contribution < -0.4 is 10.5 Å². The predicted octanol–water partition coefficient (Wildman–Crippen LogP) is 7.31. The minimum absolute atomic E-state index is 0.0160. The van der Waals surface area contributed by atoms with Crippen LogP contribution in [0.4, 0.5) is 11.4 Å². The molecule has 3 aromatic carbocycles. The first-order valence-corrected chi connectivity index (χ1v) is 14.9. The molecule has 1 spiro atoms. The van der Waals surface area contributed by atoms with Crippen LogP contribution in [0, 0.1) is 0 Å². The molecule has 1 fully saturated rings. The van der Waals surface area contributed by atoms with Crippen LogP contribution >= 0.6 is 11.8 Å². The van der Waals surface area contributed by atoms with Crippen LogP contribution in [0.15, 0.2) is 107 Å². The molecule has 0 unspecified atom stereocenters. The first kappa shape index (κ1) is 26.3. The Morgan fingerprint density at radius 1 is 0.950 bits per heavy atom. The topological polar surface area (TPSA) is 55.2 Å².